The lowest BCUT2D eigenvalue weighted by Gasteiger charge is -2.07. The molecule has 0 heterocycles. The number of hydrogen-bond acceptors (Lipinski definition) is 5. The van der Waals surface area contributed by atoms with E-state index in [9.17, 15) is 9.59 Å². The normalized spacial score (nSPS) is 10.0. The fraction of sp³-hybridized carbons (Fsp3) is 0.222. The third-order valence-electron chi connectivity index (χ3n) is 2.97. The van der Waals surface area contributed by atoms with Crippen molar-refractivity contribution in [2.24, 2.45) is 0 Å². The minimum Gasteiger partial charge on any atom is -0.462 e. The van der Waals surface area contributed by atoms with Gasteiger partial charge in [-0.15, -0.1) is 0 Å². The van der Waals surface area contributed by atoms with Crippen LogP contribution in [0.15, 0.2) is 48.5 Å². The quantitative estimate of drug-likeness (QED) is 0.758. The minimum absolute atomic E-state index is 0.337. The third-order valence-corrected chi connectivity index (χ3v) is 2.97. The molecule has 0 bridgehead atoms. The molecule has 0 radical (unpaired) electrons. The Hall–Kier alpha value is -2.82. The van der Waals surface area contributed by atoms with Crippen molar-refractivity contribution in [2.45, 2.75) is 13.8 Å². The maximum atomic E-state index is 11.6. The second kappa shape index (κ2) is 7.98. The van der Waals surface area contributed by atoms with E-state index in [0.29, 0.717) is 35.8 Å². The molecule has 120 valence electrons. The highest BCUT2D eigenvalue weighted by Gasteiger charge is 2.08. The van der Waals surface area contributed by atoms with Gasteiger partial charge in [0.05, 0.1) is 24.3 Å². The predicted octanol–water partition coefficient (Wildman–Crippen LogP) is 3.83. The second-order valence-corrected chi connectivity index (χ2v) is 4.59. The summed E-state index contributed by atoms with van der Waals surface area (Å²) >= 11 is 0. The molecular formula is C18H18O5. The van der Waals surface area contributed by atoms with Crippen molar-refractivity contribution in [3.05, 3.63) is 59.7 Å². The van der Waals surface area contributed by atoms with Crippen molar-refractivity contribution < 1.29 is 23.8 Å². The summed E-state index contributed by atoms with van der Waals surface area (Å²) in [6.07, 6.45) is 0. The minimum atomic E-state index is -0.363. The van der Waals surface area contributed by atoms with Crippen LogP contribution >= 0.6 is 0 Å². The molecule has 0 amide bonds. The first-order chi connectivity index (χ1) is 11.1. The van der Waals surface area contributed by atoms with Gasteiger partial charge in [0, 0.05) is 0 Å². The van der Waals surface area contributed by atoms with Gasteiger partial charge in [-0.05, 0) is 62.4 Å². The summed E-state index contributed by atoms with van der Waals surface area (Å²) in [7, 11) is 0. The average molecular weight is 314 g/mol. The van der Waals surface area contributed by atoms with Gasteiger partial charge in [0.1, 0.15) is 11.5 Å². The van der Waals surface area contributed by atoms with Crippen LogP contribution in [0.1, 0.15) is 34.6 Å². The van der Waals surface area contributed by atoms with Crippen LogP contribution in [0, 0.1) is 0 Å². The van der Waals surface area contributed by atoms with E-state index in [2.05, 4.69) is 0 Å². The van der Waals surface area contributed by atoms with Crippen molar-refractivity contribution in [1.29, 1.82) is 0 Å². The van der Waals surface area contributed by atoms with Gasteiger partial charge in [-0.25, -0.2) is 9.59 Å². The number of esters is 2. The number of rotatable bonds is 6. The summed E-state index contributed by atoms with van der Waals surface area (Å²) in [6, 6.07) is 13.3. The van der Waals surface area contributed by atoms with Crippen molar-refractivity contribution in [3.8, 4) is 11.5 Å². The number of carbonyl (C=O) groups is 2. The van der Waals surface area contributed by atoms with Gasteiger partial charge in [0.25, 0.3) is 0 Å². The van der Waals surface area contributed by atoms with Crippen LogP contribution in [0.3, 0.4) is 0 Å². The molecule has 0 aliphatic rings. The molecule has 0 aliphatic carbocycles. The first-order valence-electron chi connectivity index (χ1n) is 7.36. The number of ether oxygens (including phenoxy) is 3. The fourth-order valence-corrected chi connectivity index (χ4v) is 1.88. The Morgan fingerprint density at radius 1 is 0.696 bits per heavy atom. The van der Waals surface area contributed by atoms with Crippen LogP contribution < -0.4 is 4.74 Å². The molecule has 2 rings (SSSR count). The van der Waals surface area contributed by atoms with E-state index in [1.165, 1.54) is 0 Å². The Morgan fingerprint density at radius 2 is 1.04 bits per heavy atom. The van der Waals surface area contributed by atoms with Crippen LogP contribution in [0.5, 0.6) is 11.5 Å². The first kappa shape index (κ1) is 16.5. The van der Waals surface area contributed by atoms with E-state index in [-0.39, 0.29) is 11.9 Å². The number of benzene rings is 2. The van der Waals surface area contributed by atoms with Gasteiger partial charge < -0.3 is 14.2 Å². The van der Waals surface area contributed by atoms with Crippen molar-refractivity contribution in [3.63, 3.8) is 0 Å². The molecule has 0 N–H and O–H groups in total. The maximum Gasteiger partial charge on any atom is 0.338 e. The molecule has 2 aromatic carbocycles. The molecule has 0 saturated carbocycles. The Labute approximate surface area is 134 Å². The lowest BCUT2D eigenvalue weighted by molar-refractivity contribution is 0.0517. The highest BCUT2D eigenvalue weighted by atomic mass is 16.5. The zero-order valence-corrected chi connectivity index (χ0v) is 13.1. The summed E-state index contributed by atoms with van der Waals surface area (Å²) in [6.45, 7) is 4.19. The molecule has 0 aromatic heterocycles. The van der Waals surface area contributed by atoms with E-state index in [4.69, 9.17) is 14.2 Å². The van der Waals surface area contributed by atoms with Crippen LogP contribution in [0.2, 0.25) is 0 Å². The number of carbonyl (C=O) groups excluding carboxylic acids is 2. The zero-order chi connectivity index (χ0) is 16.7. The van der Waals surface area contributed by atoms with E-state index in [1.807, 2.05) is 0 Å². The van der Waals surface area contributed by atoms with Crippen LogP contribution in [-0.2, 0) is 9.47 Å². The van der Waals surface area contributed by atoms with Gasteiger partial charge in [0.2, 0.25) is 0 Å². The Morgan fingerprint density at radius 3 is 1.35 bits per heavy atom. The molecule has 0 unspecified atom stereocenters. The Bertz CT molecular complexity index is 599. The largest absolute Gasteiger partial charge is 0.462 e. The van der Waals surface area contributed by atoms with Crippen LogP contribution in [0.4, 0.5) is 0 Å². The number of hydrogen-bond donors (Lipinski definition) is 0. The van der Waals surface area contributed by atoms with Gasteiger partial charge >= 0.3 is 11.9 Å². The molecule has 5 nitrogen and oxygen atoms in total. The fourth-order valence-electron chi connectivity index (χ4n) is 1.88. The molecule has 23 heavy (non-hydrogen) atoms. The van der Waals surface area contributed by atoms with Crippen molar-refractivity contribution in [1.82, 2.24) is 0 Å². The third kappa shape index (κ3) is 4.57. The Balaban J connectivity index is 2.02. The lowest BCUT2D eigenvalue weighted by Crippen LogP contribution is -2.04. The highest BCUT2D eigenvalue weighted by molar-refractivity contribution is 5.90. The van der Waals surface area contributed by atoms with E-state index >= 15 is 0 Å². The molecule has 2 aromatic rings. The summed E-state index contributed by atoms with van der Waals surface area (Å²) < 4.78 is 15.5. The lowest BCUT2D eigenvalue weighted by atomic mass is 10.2. The second-order valence-electron chi connectivity index (χ2n) is 4.59. The average Bonchev–Trinajstić information content (AvgIpc) is 2.56. The van der Waals surface area contributed by atoms with Gasteiger partial charge in [-0.2, -0.15) is 0 Å². The predicted molar refractivity (Wildman–Crippen MR) is 84.9 cm³/mol. The summed E-state index contributed by atoms with van der Waals surface area (Å²) in [5.41, 5.74) is 0.939. The van der Waals surface area contributed by atoms with Gasteiger partial charge in [-0.1, -0.05) is 0 Å². The molecule has 0 spiro atoms. The first-order valence-corrected chi connectivity index (χ1v) is 7.36. The van der Waals surface area contributed by atoms with E-state index in [0.717, 1.165) is 0 Å². The maximum absolute atomic E-state index is 11.6. The molecule has 0 fully saturated rings. The summed E-state index contributed by atoms with van der Waals surface area (Å²) in [5.74, 6) is 0.444. The summed E-state index contributed by atoms with van der Waals surface area (Å²) in [4.78, 5) is 23.1. The molecule has 0 saturated heterocycles. The highest BCUT2D eigenvalue weighted by Crippen LogP contribution is 2.22. The molecule has 0 aliphatic heterocycles. The van der Waals surface area contributed by atoms with Crippen LogP contribution in [0.25, 0.3) is 0 Å². The zero-order valence-electron chi connectivity index (χ0n) is 13.1. The van der Waals surface area contributed by atoms with E-state index in [1.54, 1.807) is 62.4 Å². The van der Waals surface area contributed by atoms with E-state index < -0.39 is 0 Å². The monoisotopic (exact) mass is 314 g/mol. The smallest absolute Gasteiger partial charge is 0.338 e. The topological polar surface area (TPSA) is 61.8 Å². The SMILES string of the molecule is CCOC(=O)c1ccc(Oc2ccc(C(=O)OCC)cc2)cc1. The molecule has 5 heteroatoms. The standard InChI is InChI=1S/C18H18O5/c1-3-21-17(19)13-5-9-15(10-6-13)23-16-11-7-14(8-12-16)18(20)22-4-2/h5-12H,3-4H2,1-2H3. The summed E-state index contributed by atoms with van der Waals surface area (Å²) in [5, 5.41) is 0. The molecule has 0 atom stereocenters. The van der Waals surface area contributed by atoms with Gasteiger partial charge in [0.15, 0.2) is 0 Å². The van der Waals surface area contributed by atoms with Crippen LogP contribution in [-0.4, -0.2) is 25.2 Å². The Kier molecular flexibility index (Phi) is 5.74. The van der Waals surface area contributed by atoms with Crippen molar-refractivity contribution >= 4 is 11.9 Å². The van der Waals surface area contributed by atoms with Gasteiger partial charge in [-0.3, -0.25) is 0 Å². The van der Waals surface area contributed by atoms with Crippen molar-refractivity contribution in [2.75, 3.05) is 13.2 Å². The molecular weight excluding hydrogens is 296 g/mol.